The monoisotopic (exact) mass is 409 g/mol. The molecule has 1 aromatic carbocycles. The number of aromatic nitrogens is 2. The molecule has 0 spiro atoms. The number of carbonyl (C=O) groups excluding carboxylic acids is 2. The third kappa shape index (κ3) is 5.81. The number of esters is 1. The molecule has 6 heteroatoms. The first-order chi connectivity index (χ1) is 14.4. The Morgan fingerprint density at radius 2 is 1.70 bits per heavy atom. The van der Waals surface area contributed by atoms with E-state index in [2.05, 4.69) is 36.3 Å². The van der Waals surface area contributed by atoms with Gasteiger partial charge in [-0.3, -0.25) is 9.48 Å². The fraction of sp³-hybridized carbons (Fsp3) is 0.458. The fourth-order valence-corrected chi connectivity index (χ4v) is 3.72. The largest absolute Gasteiger partial charge is 0.452 e. The van der Waals surface area contributed by atoms with Crippen molar-refractivity contribution in [2.24, 2.45) is 0 Å². The summed E-state index contributed by atoms with van der Waals surface area (Å²) in [4.78, 5) is 26.2. The highest BCUT2D eigenvalue weighted by molar-refractivity contribution is 5.89. The Morgan fingerprint density at radius 1 is 1.03 bits per heavy atom. The zero-order valence-corrected chi connectivity index (χ0v) is 18.2. The molecule has 1 aliphatic heterocycles. The van der Waals surface area contributed by atoms with Gasteiger partial charge in [-0.2, -0.15) is 5.10 Å². The van der Waals surface area contributed by atoms with E-state index in [1.54, 1.807) is 11.0 Å². The van der Waals surface area contributed by atoms with Crippen LogP contribution >= 0.6 is 0 Å². The molecule has 2 aromatic rings. The average Bonchev–Trinajstić information content (AvgIpc) is 2.92. The lowest BCUT2D eigenvalue weighted by molar-refractivity contribution is -0.148. The predicted octanol–water partition coefficient (Wildman–Crippen LogP) is 3.82. The normalized spacial score (nSPS) is 14.7. The Kier molecular flexibility index (Phi) is 7.44. The van der Waals surface area contributed by atoms with Gasteiger partial charge in [-0.1, -0.05) is 42.7 Å². The topological polar surface area (TPSA) is 64.4 Å². The summed E-state index contributed by atoms with van der Waals surface area (Å²) in [6.45, 7) is 7.96. The van der Waals surface area contributed by atoms with E-state index in [1.807, 2.05) is 18.5 Å². The van der Waals surface area contributed by atoms with Gasteiger partial charge in [-0.25, -0.2) is 4.79 Å². The molecule has 6 nitrogen and oxygen atoms in total. The second-order valence-electron chi connectivity index (χ2n) is 7.96. The van der Waals surface area contributed by atoms with Crippen molar-refractivity contribution in [1.29, 1.82) is 0 Å². The number of benzene rings is 1. The molecule has 160 valence electrons. The molecular formula is C24H31N3O3. The molecule has 0 bridgehead atoms. The molecule has 1 aliphatic rings. The Bertz CT molecular complexity index is 905. The Morgan fingerprint density at radius 3 is 2.37 bits per heavy atom. The molecule has 0 N–H and O–H groups in total. The minimum atomic E-state index is -0.511. The van der Waals surface area contributed by atoms with E-state index in [9.17, 15) is 9.59 Å². The number of rotatable bonds is 6. The number of hydrogen-bond acceptors (Lipinski definition) is 4. The highest BCUT2D eigenvalue weighted by atomic mass is 16.5. The van der Waals surface area contributed by atoms with E-state index in [4.69, 9.17) is 4.74 Å². The van der Waals surface area contributed by atoms with Crippen molar-refractivity contribution in [1.82, 2.24) is 14.7 Å². The van der Waals surface area contributed by atoms with Crippen LogP contribution in [0.4, 0.5) is 0 Å². The molecule has 0 radical (unpaired) electrons. The van der Waals surface area contributed by atoms with Gasteiger partial charge in [0.05, 0.1) is 12.2 Å². The Hall–Kier alpha value is -2.89. The van der Waals surface area contributed by atoms with Crippen molar-refractivity contribution in [2.75, 3.05) is 19.7 Å². The van der Waals surface area contributed by atoms with Crippen LogP contribution in [-0.4, -0.2) is 46.3 Å². The number of nitrogens with zero attached hydrogens (tertiary/aromatic N) is 3. The summed E-state index contributed by atoms with van der Waals surface area (Å²) in [5.74, 6) is -0.625. The second-order valence-corrected chi connectivity index (χ2v) is 7.96. The van der Waals surface area contributed by atoms with Crippen LogP contribution in [0, 0.1) is 20.8 Å². The Labute approximate surface area is 178 Å². The van der Waals surface area contributed by atoms with Crippen molar-refractivity contribution in [3.8, 4) is 0 Å². The Balaban J connectivity index is 1.57. The third-order valence-corrected chi connectivity index (χ3v) is 5.57. The lowest BCUT2D eigenvalue weighted by Gasteiger charge is -2.19. The zero-order valence-electron chi connectivity index (χ0n) is 18.2. The number of carbonyl (C=O) groups is 2. The quantitative estimate of drug-likeness (QED) is 0.537. The molecule has 1 amide bonds. The van der Waals surface area contributed by atoms with Crippen molar-refractivity contribution < 1.29 is 14.3 Å². The fourth-order valence-electron chi connectivity index (χ4n) is 3.72. The van der Waals surface area contributed by atoms with Gasteiger partial charge in [0.2, 0.25) is 0 Å². The summed E-state index contributed by atoms with van der Waals surface area (Å²) in [5, 5.41) is 4.60. The van der Waals surface area contributed by atoms with E-state index >= 15 is 0 Å². The first-order valence-corrected chi connectivity index (χ1v) is 10.7. The third-order valence-electron chi connectivity index (χ3n) is 5.57. The van der Waals surface area contributed by atoms with Crippen LogP contribution in [-0.2, 0) is 20.9 Å². The first kappa shape index (κ1) is 21.8. The number of aryl methyl sites for hydroxylation is 2. The summed E-state index contributed by atoms with van der Waals surface area (Å²) in [7, 11) is 0. The molecule has 0 atom stereocenters. The summed E-state index contributed by atoms with van der Waals surface area (Å²) in [6.07, 6.45) is 7.45. The molecule has 0 aliphatic carbocycles. The highest BCUT2D eigenvalue weighted by Crippen LogP contribution is 2.17. The molecule has 0 unspecified atom stereocenters. The van der Waals surface area contributed by atoms with E-state index in [0.717, 1.165) is 55.7 Å². The lowest BCUT2D eigenvalue weighted by atomic mass is 10.1. The molecule has 2 heterocycles. The number of hydrogen-bond donors (Lipinski definition) is 0. The zero-order chi connectivity index (χ0) is 21.5. The van der Waals surface area contributed by atoms with Gasteiger partial charge in [0.15, 0.2) is 6.61 Å². The van der Waals surface area contributed by atoms with Crippen LogP contribution in [0.1, 0.15) is 53.8 Å². The summed E-state index contributed by atoms with van der Waals surface area (Å²) < 4.78 is 7.11. The minimum absolute atomic E-state index is 0.114. The molecule has 1 aromatic heterocycles. The van der Waals surface area contributed by atoms with Crippen molar-refractivity contribution in [3.63, 3.8) is 0 Å². The minimum Gasteiger partial charge on any atom is -0.452 e. The molecule has 1 saturated heterocycles. The predicted molar refractivity (Wildman–Crippen MR) is 117 cm³/mol. The van der Waals surface area contributed by atoms with Gasteiger partial charge in [0, 0.05) is 30.4 Å². The first-order valence-electron chi connectivity index (χ1n) is 10.7. The smallest absolute Gasteiger partial charge is 0.331 e. The standard InChI is InChI=1S/C24H31N3O3/c1-18-8-10-21(11-9-18)16-27-20(3)22(19(2)25-27)12-13-24(29)30-17-23(28)26-14-6-4-5-7-15-26/h8-13H,4-7,14-17H2,1-3H3/b13-12+. The number of ether oxygens (including phenoxy) is 1. The maximum absolute atomic E-state index is 12.2. The van der Waals surface area contributed by atoms with Crippen LogP contribution in [0.3, 0.4) is 0 Å². The maximum atomic E-state index is 12.2. The van der Waals surface area contributed by atoms with Gasteiger partial charge < -0.3 is 9.64 Å². The van der Waals surface area contributed by atoms with Crippen molar-refractivity contribution in [2.45, 2.75) is 53.0 Å². The molecule has 1 fully saturated rings. The van der Waals surface area contributed by atoms with Gasteiger partial charge in [0.25, 0.3) is 5.91 Å². The van der Waals surface area contributed by atoms with E-state index in [-0.39, 0.29) is 12.5 Å². The molecule has 3 rings (SSSR count). The van der Waals surface area contributed by atoms with Crippen LogP contribution in [0.15, 0.2) is 30.3 Å². The maximum Gasteiger partial charge on any atom is 0.331 e. The number of likely N-dealkylation sites (tertiary alicyclic amines) is 1. The number of amides is 1. The van der Waals surface area contributed by atoms with Crippen LogP contribution in [0.25, 0.3) is 6.08 Å². The SMILES string of the molecule is Cc1ccc(Cn2nc(C)c(/C=C/C(=O)OCC(=O)N3CCCCCC3)c2C)cc1. The van der Waals surface area contributed by atoms with Crippen molar-refractivity contribution >= 4 is 18.0 Å². The van der Waals surface area contributed by atoms with E-state index < -0.39 is 5.97 Å². The summed E-state index contributed by atoms with van der Waals surface area (Å²) in [6, 6.07) is 8.37. The highest BCUT2D eigenvalue weighted by Gasteiger charge is 2.17. The van der Waals surface area contributed by atoms with E-state index in [0.29, 0.717) is 6.54 Å². The van der Waals surface area contributed by atoms with Crippen LogP contribution in [0.5, 0.6) is 0 Å². The van der Waals surface area contributed by atoms with Crippen molar-refractivity contribution in [3.05, 3.63) is 58.4 Å². The second kappa shape index (κ2) is 10.2. The summed E-state index contributed by atoms with van der Waals surface area (Å²) >= 11 is 0. The van der Waals surface area contributed by atoms with Gasteiger partial charge >= 0.3 is 5.97 Å². The van der Waals surface area contributed by atoms with Crippen LogP contribution in [0.2, 0.25) is 0 Å². The van der Waals surface area contributed by atoms with Gasteiger partial charge in [-0.05, 0) is 45.3 Å². The van der Waals surface area contributed by atoms with Crippen LogP contribution < -0.4 is 0 Å². The molecule has 0 saturated carbocycles. The van der Waals surface area contributed by atoms with Gasteiger partial charge in [0.1, 0.15) is 0 Å². The summed E-state index contributed by atoms with van der Waals surface area (Å²) in [5.41, 5.74) is 5.14. The lowest BCUT2D eigenvalue weighted by Crippen LogP contribution is -2.35. The molecule has 30 heavy (non-hydrogen) atoms. The average molecular weight is 410 g/mol. The van der Waals surface area contributed by atoms with E-state index in [1.165, 1.54) is 17.2 Å². The van der Waals surface area contributed by atoms with Gasteiger partial charge in [-0.15, -0.1) is 0 Å². The molecular weight excluding hydrogens is 378 g/mol.